The maximum atomic E-state index is 11.7. The minimum Gasteiger partial charge on any atom is -0.467 e. The standard InChI is InChI=1S/C12H12Cl3NO2/c1-18-12(17)11(6-2-3-6)16-10-5-8(14)7(13)4-9(10)15/h4-6,11,16H,2-3H2,1H3. The van der Waals surface area contributed by atoms with Crippen molar-refractivity contribution >= 4 is 46.5 Å². The quantitative estimate of drug-likeness (QED) is 0.674. The minimum atomic E-state index is -0.384. The van der Waals surface area contributed by atoms with E-state index in [2.05, 4.69) is 5.32 Å². The van der Waals surface area contributed by atoms with E-state index in [-0.39, 0.29) is 12.0 Å². The Kier molecular flexibility index (Phi) is 4.25. The summed E-state index contributed by atoms with van der Waals surface area (Å²) in [6.45, 7) is 0. The van der Waals surface area contributed by atoms with Crippen molar-refractivity contribution in [3.8, 4) is 0 Å². The van der Waals surface area contributed by atoms with Crippen LogP contribution in [-0.2, 0) is 9.53 Å². The third-order valence-corrected chi connectivity index (χ3v) is 3.90. The minimum absolute atomic E-state index is 0.292. The van der Waals surface area contributed by atoms with Crippen molar-refractivity contribution in [1.82, 2.24) is 0 Å². The topological polar surface area (TPSA) is 38.3 Å². The number of carbonyl (C=O) groups is 1. The van der Waals surface area contributed by atoms with Crippen LogP contribution in [0.1, 0.15) is 12.8 Å². The summed E-state index contributed by atoms with van der Waals surface area (Å²) in [4.78, 5) is 11.7. The van der Waals surface area contributed by atoms with Crippen LogP contribution in [0.5, 0.6) is 0 Å². The average molecular weight is 309 g/mol. The molecule has 1 fully saturated rings. The van der Waals surface area contributed by atoms with Crippen molar-refractivity contribution in [2.24, 2.45) is 5.92 Å². The fourth-order valence-electron chi connectivity index (χ4n) is 1.73. The number of ether oxygens (including phenoxy) is 1. The first-order valence-corrected chi connectivity index (χ1v) is 6.65. The molecular weight excluding hydrogens is 296 g/mol. The Bertz CT molecular complexity index is 475. The highest BCUT2D eigenvalue weighted by molar-refractivity contribution is 6.44. The average Bonchev–Trinajstić information content (AvgIpc) is 3.15. The van der Waals surface area contributed by atoms with Crippen molar-refractivity contribution in [2.75, 3.05) is 12.4 Å². The SMILES string of the molecule is COC(=O)C(Nc1cc(Cl)c(Cl)cc1Cl)C1CC1. The van der Waals surface area contributed by atoms with Crippen LogP contribution in [0.15, 0.2) is 12.1 Å². The van der Waals surface area contributed by atoms with Crippen molar-refractivity contribution < 1.29 is 9.53 Å². The van der Waals surface area contributed by atoms with Crippen molar-refractivity contribution in [1.29, 1.82) is 0 Å². The number of rotatable bonds is 4. The molecule has 1 aromatic rings. The highest BCUT2D eigenvalue weighted by Gasteiger charge is 2.37. The van der Waals surface area contributed by atoms with E-state index in [1.807, 2.05) is 0 Å². The second-order valence-electron chi connectivity index (χ2n) is 4.23. The maximum absolute atomic E-state index is 11.7. The second kappa shape index (κ2) is 5.55. The molecule has 1 aromatic carbocycles. The summed E-state index contributed by atoms with van der Waals surface area (Å²) in [5, 5.41) is 4.28. The molecule has 6 heteroatoms. The monoisotopic (exact) mass is 307 g/mol. The van der Waals surface area contributed by atoms with E-state index in [0.29, 0.717) is 26.7 Å². The first-order valence-electron chi connectivity index (χ1n) is 5.52. The van der Waals surface area contributed by atoms with Gasteiger partial charge in [0.2, 0.25) is 0 Å². The van der Waals surface area contributed by atoms with Gasteiger partial charge in [0.15, 0.2) is 0 Å². The van der Waals surface area contributed by atoms with Crippen LogP contribution < -0.4 is 5.32 Å². The Morgan fingerprint density at radius 3 is 2.44 bits per heavy atom. The molecule has 0 aromatic heterocycles. The summed E-state index contributed by atoms with van der Waals surface area (Å²) in [7, 11) is 1.37. The van der Waals surface area contributed by atoms with E-state index < -0.39 is 0 Å². The van der Waals surface area contributed by atoms with Gasteiger partial charge in [0.05, 0.1) is 27.9 Å². The number of esters is 1. The molecule has 1 aliphatic rings. The van der Waals surface area contributed by atoms with Crippen LogP contribution in [0.25, 0.3) is 0 Å². The molecule has 1 unspecified atom stereocenters. The van der Waals surface area contributed by atoms with Crippen LogP contribution in [0.3, 0.4) is 0 Å². The molecule has 1 atom stereocenters. The van der Waals surface area contributed by atoms with E-state index in [0.717, 1.165) is 12.8 Å². The number of hydrogen-bond donors (Lipinski definition) is 1. The molecule has 3 nitrogen and oxygen atoms in total. The van der Waals surface area contributed by atoms with Gasteiger partial charge in [-0.15, -0.1) is 0 Å². The normalized spacial score (nSPS) is 16.2. The molecule has 0 amide bonds. The van der Waals surface area contributed by atoms with Crippen LogP contribution in [0.4, 0.5) is 5.69 Å². The molecule has 2 rings (SSSR count). The Labute approximate surface area is 120 Å². The van der Waals surface area contributed by atoms with Crippen LogP contribution >= 0.6 is 34.8 Å². The molecule has 98 valence electrons. The van der Waals surface area contributed by atoms with E-state index in [1.165, 1.54) is 7.11 Å². The first-order chi connectivity index (χ1) is 8.52. The largest absolute Gasteiger partial charge is 0.467 e. The zero-order valence-electron chi connectivity index (χ0n) is 9.67. The fraction of sp³-hybridized carbons (Fsp3) is 0.417. The molecule has 18 heavy (non-hydrogen) atoms. The lowest BCUT2D eigenvalue weighted by Gasteiger charge is -2.18. The Morgan fingerprint density at radius 2 is 1.89 bits per heavy atom. The van der Waals surface area contributed by atoms with Gasteiger partial charge in [-0.3, -0.25) is 0 Å². The number of methoxy groups -OCH3 is 1. The summed E-state index contributed by atoms with van der Waals surface area (Å²) < 4.78 is 4.78. The third kappa shape index (κ3) is 3.02. The summed E-state index contributed by atoms with van der Waals surface area (Å²) in [6, 6.07) is 2.78. The zero-order valence-corrected chi connectivity index (χ0v) is 11.9. The number of hydrogen-bond acceptors (Lipinski definition) is 3. The van der Waals surface area contributed by atoms with Gasteiger partial charge in [0, 0.05) is 0 Å². The second-order valence-corrected chi connectivity index (χ2v) is 5.45. The van der Waals surface area contributed by atoms with Crippen LogP contribution in [-0.4, -0.2) is 19.1 Å². The first kappa shape index (κ1) is 13.8. The van der Waals surface area contributed by atoms with Gasteiger partial charge in [-0.25, -0.2) is 4.79 Å². The lowest BCUT2D eigenvalue weighted by molar-refractivity contribution is -0.142. The van der Waals surface area contributed by atoms with Crippen molar-refractivity contribution in [3.05, 3.63) is 27.2 Å². The molecular formula is C12H12Cl3NO2. The lowest BCUT2D eigenvalue weighted by Crippen LogP contribution is -2.32. The molecule has 0 saturated heterocycles. The van der Waals surface area contributed by atoms with E-state index in [4.69, 9.17) is 39.5 Å². The van der Waals surface area contributed by atoms with E-state index in [9.17, 15) is 4.79 Å². The highest BCUT2D eigenvalue weighted by atomic mass is 35.5. The molecule has 0 spiro atoms. The fourth-order valence-corrected chi connectivity index (χ4v) is 2.33. The van der Waals surface area contributed by atoms with Crippen LogP contribution in [0, 0.1) is 5.92 Å². The number of carbonyl (C=O) groups excluding carboxylic acids is 1. The van der Waals surface area contributed by atoms with E-state index >= 15 is 0 Å². The van der Waals surface area contributed by atoms with Gasteiger partial charge in [0.1, 0.15) is 6.04 Å². The van der Waals surface area contributed by atoms with Gasteiger partial charge in [-0.05, 0) is 30.9 Å². The van der Waals surface area contributed by atoms with E-state index in [1.54, 1.807) is 12.1 Å². The summed E-state index contributed by atoms with van der Waals surface area (Å²) in [5.74, 6) is 0.00242. The summed E-state index contributed by atoms with van der Waals surface area (Å²) in [6.07, 6.45) is 2.01. The molecule has 0 aliphatic heterocycles. The summed E-state index contributed by atoms with van der Waals surface area (Å²) >= 11 is 17.8. The predicted octanol–water partition coefficient (Wildman–Crippen LogP) is 4.01. The number of anilines is 1. The van der Waals surface area contributed by atoms with Crippen LogP contribution in [0.2, 0.25) is 15.1 Å². The molecule has 1 saturated carbocycles. The molecule has 1 aliphatic carbocycles. The lowest BCUT2D eigenvalue weighted by atomic mass is 10.1. The molecule has 1 N–H and O–H groups in total. The molecule has 0 radical (unpaired) electrons. The van der Waals surface area contributed by atoms with Gasteiger partial charge in [-0.1, -0.05) is 34.8 Å². The smallest absolute Gasteiger partial charge is 0.328 e. The van der Waals surface area contributed by atoms with Gasteiger partial charge in [0.25, 0.3) is 0 Å². The van der Waals surface area contributed by atoms with Crippen molar-refractivity contribution in [3.63, 3.8) is 0 Å². The Balaban J connectivity index is 2.21. The van der Waals surface area contributed by atoms with Crippen molar-refractivity contribution in [2.45, 2.75) is 18.9 Å². The zero-order chi connectivity index (χ0) is 13.3. The highest BCUT2D eigenvalue weighted by Crippen LogP contribution is 2.38. The van der Waals surface area contributed by atoms with Gasteiger partial charge in [-0.2, -0.15) is 0 Å². The predicted molar refractivity (Wildman–Crippen MR) is 73.6 cm³/mol. The maximum Gasteiger partial charge on any atom is 0.328 e. The molecule has 0 bridgehead atoms. The van der Waals surface area contributed by atoms with Gasteiger partial charge >= 0.3 is 5.97 Å². The summed E-state index contributed by atoms with van der Waals surface area (Å²) in [5.41, 5.74) is 0.591. The Hall–Kier alpha value is -0.640. The number of benzene rings is 1. The number of halogens is 3. The van der Waals surface area contributed by atoms with Gasteiger partial charge < -0.3 is 10.1 Å². The third-order valence-electron chi connectivity index (χ3n) is 2.87. The number of nitrogens with one attached hydrogen (secondary N) is 1. The Morgan fingerprint density at radius 1 is 1.28 bits per heavy atom. The molecule has 0 heterocycles.